The highest BCUT2D eigenvalue weighted by Crippen LogP contribution is 2.22. The summed E-state index contributed by atoms with van der Waals surface area (Å²) >= 11 is 3.43. The molecule has 3 heterocycles. The number of hydrogen-bond donors (Lipinski definition) is 3. The highest BCUT2D eigenvalue weighted by molar-refractivity contribution is 9.10. The van der Waals surface area contributed by atoms with Gasteiger partial charge in [-0.3, -0.25) is 14.6 Å². The van der Waals surface area contributed by atoms with E-state index in [4.69, 9.17) is 0 Å². The van der Waals surface area contributed by atoms with Crippen molar-refractivity contribution in [2.75, 3.05) is 0 Å². The zero-order valence-corrected chi connectivity index (χ0v) is 17.5. The molecule has 0 aromatic carbocycles. The highest BCUT2D eigenvalue weighted by Gasteiger charge is 2.29. The van der Waals surface area contributed by atoms with E-state index in [0.29, 0.717) is 22.7 Å². The summed E-state index contributed by atoms with van der Waals surface area (Å²) in [6.45, 7) is 1.80. The number of H-pyrrole nitrogens is 1. The topological polar surface area (TPSA) is 113 Å². The summed E-state index contributed by atoms with van der Waals surface area (Å²) in [5, 5.41) is 6.95. The van der Waals surface area contributed by atoms with E-state index in [1.54, 1.807) is 25.4 Å². The fourth-order valence-electron chi connectivity index (χ4n) is 3.64. The number of fused-ring (bicyclic) bond motifs is 1. The molecule has 2 amide bonds. The maximum Gasteiger partial charge on any atom is 0.270 e. The second-order valence-corrected chi connectivity index (χ2v) is 8.07. The van der Waals surface area contributed by atoms with E-state index in [0.717, 1.165) is 35.5 Å². The molecule has 1 fully saturated rings. The van der Waals surface area contributed by atoms with Crippen LogP contribution in [-0.4, -0.2) is 43.8 Å². The maximum atomic E-state index is 12.8. The van der Waals surface area contributed by atoms with Gasteiger partial charge in [-0.2, -0.15) is 0 Å². The summed E-state index contributed by atoms with van der Waals surface area (Å²) < 4.78 is 0.738. The van der Waals surface area contributed by atoms with Crippen LogP contribution in [0.5, 0.6) is 0 Å². The predicted molar refractivity (Wildman–Crippen MR) is 112 cm³/mol. The summed E-state index contributed by atoms with van der Waals surface area (Å²) in [5.74, 6) is 0.226. The Balaban J connectivity index is 1.48. The lowest BCUT2D eigenvalue weighted by Gasteiger charge is -2.32. The van der Waals surface area contributed by atoms with Crippen molar-refractivity contribution < 1.29 is 9.59 Å². The minimum Gasteiger partial charge on any atom is -0.346 e. The van der Waals surface area contributed by atoms with Gasteiger partial charge in [0, 0.05) is 29.9 Å². The molecule has 0 bridgehead atoms. The average Bonchev–Trinajstić information content (AvgIpc) is 3.16. The lowest BCUT2D eigenvalue weighted by atomic mass is 9.90. The van der Waals surface area contributed by atoms with Crippen LogP contribution in [0.4, 0.5) is 0 Å². The average molecular weight is 457 g/mol. The van der Waals surface area contributed by atoms with Crippen LogP contribution in [0.1, 0.15) is 52.5 Å². The Morgan fingerprint density at radius 1 is 1.07 bits per heavy atom. The standard InChI is InChI=1S/C20H21BrN6O2/c1-11-23-10-17(24-11)20(29)27-15-5-3-2-4-14(15)26-19(28)16-7-6-12-8-22-9-13(21)18(12)25-16/h6-10,14-15H,2-5H2,1H3,(H,23,24)(H,26,28)(H,27,29)/t14-,15-/m1/s1. The van der Waals surface area contributed by atoms with Crippen LogP contribution in [0.2, 0.25) is 0 Å². The Bertz CT molecular complexity index is 1070. The predicted octanol–water partition coefficient (Wildman–Crippen LogP) is 2.89. The van der Waals surface area contributed by atoms with Crippen molar-refractivity contribution in [3.63, 3.8) is 0 Å². The summed E-state index contributed by atoms with van der Waals surface area (Å²) in [6, 6.07) is 3.23. The molecule has 3 N–H and O–H groups in total. The van der Waals surface area contributed by atoms with Gasteiger partial charge in [0.15, 0.2) is 0 Å². The molecule has 1 aliphatic rings. The van der Waals surface area contributed by atoms with E-state index in [1.807, 2.05) is 6.07 Å². The molecule has 0 aliphatic heterocycles. The number of halogens is 1. The van der Waals surface area contributed by atoms with Crippen molar-refractivity contribution in [3.8, 4) is 0 Å². The normalized spacial score (nSPS) is 19.1. The molecule has 1 saturated carbocycles. The van der Waals surface area contributed by atoms with Crippen LogP contribution in [0.15, 0.2) is 35.2 Å². The smallest absolute Gasteiger partial charge is 0.270 e. The summed E-state index contributed by atoms with van der Waals surface area (Å²) in [7, 11) is 0. The Morgan fingerprint density at radius 2 is 1.79 bits per heavy atom. The Hall–Kier alpha value is -2.81. The van der Waals surface area contributed by atoms with Crippen LogP contribution >= 0.6 is 15.9 Å². The molecule has 4 rings (SSSR count). The molecule has 0 radical (unpaired) electrons. The number of imidazole rings is 1. The molecule has 3 aromatic heterocycles. The molecule has 29 heavy (non-hydrogen) atoms. The molecule has 8 nitrogen and oxygen atoms in total. The number of hydrogen-bond acceptors (Lipinski definition) is 5. The number of aryl methyl sites for hydroxylation is 1. The van der Waals surface area contributed by atoms with E-state index in [-0.39, 0.29) is 23.9 Å². The molecule has 0 unspecified atom stereocenters. The molecule has 3 aromatic rings. The second-order valence-electron chi connectivity index (χ2n) is 7.22. The van der Waals surface area contributed by atoms with Gasteiger partial charge in [-0.15, -0.1) is 0 Å². The lowest BCUT2D eigenvalue weighted by molar-refractivity contribution is 0.0858. The molecule has 2 atom stereocenters. The minimum absolute atomic E-state index is 0.139. The fourth-order valence-corrected chi connectivity index (χ4v) is 4.07. The third kappa shape index (κ3) is 4.29. The van der Waals surface area contributed by atoms with Crippen LogP contribution in [0.3, 0.4) is 0 Å². The zero-order valence-electron chi connectivity index (χ0n) is 15.9. The van der Waals surface area contributed by atoms with Gasteiger partial charge < -0.3 is 15.6 Å². The summed E-state index contributed by atoms with van der Waals surface area (Å²) in [6.07, 6.45) is 8.51. The molecule has 0 saturated heterocycles. The number of carbonyl (C=O) groups excluding carboxylic acids is 2. The fraction of sp³-hybridized carbons (Fsp3) is 0.350. The molecule has 9 heteroatoms. The Morgan fingerprint density at radius 3 is 2.48 bits per heavy atom. The first kappa shape index (κ1) is 19.5. The van der Waals surface area contributed by atoms with Gasteiger partial charge in [0.2, 0.25) is 0 Å². The van der Waals surface area contributed by atoms with Gasteiger partial charge in [-0.25, -0.2) is 9.97 Å². The molecule has 0 spiro atoms. The SMILES string of the molecule is Cc1ncc(C(=O)N[C@@H]2CCCC[C@H]2NC(=O)c2ccc3cncc(Br)c3n2)[nH]1. The largest absolute Gasteiger partial charge is 0.346 e. The number of amides is 2. The van der Waals surface area contributed by atoms with Crippen LogP contribution < -0.4 is 10.6 Å². The molecule has 1 aliphatic carbocycles. The van der Waals surface area contributed by atoms with Gasteiger partial charge >= 0.3 is 0 Å². The van der Waals surface area contributed by atoms with Crippen LogP contribution in [-0.2, 0) is 0 Å². The van der Waals surface area contributed by atoms with E-state index in [2.05, 4.69) is 46.5 Å². The third-order valence-electron chi connectivity index (χ3n) is 5.13. The Kier molecular flexibility index (Phi) is 5.57. The quantitative estimate of drug-likeness (QED) is 0.558. The number of rotatable bonds is 4. The third-order valence-corrected chi connectivity index (χ3v) is 5.71. The molecule has 150 valence electrons. The first-order valence-electron chi connectivity index (χ1n) is 9.55. The summed E-state index contributed by atoms with van der Waals surface area (Å²) in [4.78, 5) is 40.9. The Labute approximate surface area is 176 Å². The zero-order chi connectivity index (χ0) is 20.4. The van der Waals surface area contributed by atoms with Crippen molar-refractivity contribution in [3.05, 3.63) is 52.4 Å². The number of nitrogens with one attached hydrogen (secondary N) is 3. The van der Waals surface area contributed by atoms with Gasteiger partial charge in [-0.05, 0) is 47.8 Å². The van der Waals surface area contributed by atoms with E-state index < -0.39 is 0 Å². The van der Waals surface area contributed by atoms with Crippen molar-refractivity contribution in [1.29, 1.82) is 0 Å². The van der Waals surface area contributed by atoms with Crippen LogP contribution in [0.25, 0.3) is 10.9 Å². The number of aromatic amines is 1. The monoisotopic (exact) mass is 456 g/mol. The van der Waals surface area contributed by atoms with Crippen LogP contribution in [0, 0.1) is 6.92 Å². The van der Waals surface area contributed by atoms with Crippen molar-refractivity contribution >= 4 is 38.6 Å². The minimum atomic E-state index is -0.251. The maximum absolute atomic E-state index is 12.8. The van der Waals surface area contributed by atoms with E-state index >= 15 is 0 Å². The highest BCUT2D eigenvalue weighted by atomic mass is 79.9. The van der Waals surface area contributed by atoms with Crippen molar-refractivity contribution in [2.45, 2.75) is 44.7 Å². The lowest BCUT2D eigenvalue weighted by Crippen LogP contribution is -2.53. The number of pyridine rings is 2. The van der Waals surface area contributed by atoms with Crippen molar-refractivity contribution in [1.82, 2.24) is 30.6 Å². The number of aromatic nitrogens is 4. The first-order valence-corrected chi connectivity index (χ1v) is 10.3. The van der Waals surface area contributed by atoms with Gasteiger partial charge in [0.1, 0.15) is 17.2 Å². The van der Waals surface area contributed by atoms with E-state index in [9.17, 15) is 9.59 Å². The molecular formula is C20H21BrN6O2. The van der Waals surface area contributed by atoms with E-state index in [1.165, 1.54) is 6.20 Å². The number of carbonyl (C=O) groups is 2. The van der Waals surface area contributed by atoms with Gasteiger partial charge in [0.25, 0.3) is 11.8 Å². The summed E-state index contributed by atoms with van der Waals surface area (Å²) in [5.41, 5.74) is 1.45. The van der Waals surface area contributed by atoms with Gasteiger partial charge in [0.05, 0.1) is 16.2 Å². The van der Waals surface area contributed by atoms with Gasteiger partial charge in [-0.1, -0.05) is 12.8 Å². The molecular weight excluding hydrogens is 436 g/mol. The first-order chi connectivity index (χ1) is 14.0. The number of nitrogens with zero attached hydrogens (tertiary/aromatic N) is 3. The second kappa shape index (κ2) is 8.28. The van der Waals surface area contributed by atoms with Crippen molar-refractivity contribution in [2.24, 2.45) is 0 Å².